The van der Waals surface area contributed by atoms with Crippen molar-refractivity contribution in [2.24, 2.45) is 5.92 Å². The molecule has 21 heavy (non-hydrogen) atoms. The monoisotopic (exact) mass is 299 g/mol. The number of urea groups is 1. The van der Waals surface area contributed by atoms with Crippen molar-refractivity contribution < 1.29 is 9.90 Å². The minimum absolute atomic E-state index is 0.0966. The lowest BCUT2D eigenvalue weighted by Crippen LogP contribution is -2.53. The smallest absolute Gasteiger partial charge is 0.315 e. The highest BCUT2D eigenvalue weighted by molar-refractivity contribution is 5.74. The van der Waals surface area contributed by atoms with Gasteiger partial charge in [0.1, 0.15) is 0 Å². The Hall–Kier alpha value is -0.810. The van der Waals surface area contributed by atoms with E-state index in [0.717, 1.165) is 38.9 Å². The fraction of sp³-hybridized carbons (Fsp3) is 0.938. The number of aliphatic hydroxyl groups is 1. The third-order valence-electron chi connectivity index (χ3n) is 4.04. The van der Waals surface area contributed by atoms with Crippen LogP contribution in [-0.2, 0) is 0 Å². The number of rotatable bonds is 5. The van der Waals surface area contributed by atoms with E-state index in [1.165, 1.54) is 0 Å². The Morgan fingerprint density at radius 3 is 2.67 bits per heavy atom. The molecule has 0 aromatic heterocycles. The van der Waals surface area contributed by atoms with Crippen LogP contribution in [0.25, 0.3) is 0 Å². The van der Waals surface area contributed by atoms with Crippen molar-refractivity contribution in [3.8, 4) is 0 Å². The molecule has 1 heterocycles. The normalized spacial score (nSPS) is 23.4. The number of nitrogens with zero attached hydrogens (tertiary/aromatic N) is 1. The van der Waals surface area contributed by atoms with Crippen molar-refractivity contribution in [2.45, 2.75) is 71.6 Å². The summed E-state index contributed by atoms with van der Waals surface area (Å²) < 4.78 is 0. The van der Waals surface area contributed by atoms with Crippen molar-refractivity contribution in [2.75, 3.05) is 19.6 Å². The predicted molar refractivity (Wildman–Crippen MR) is 86.3 cm³/mol. The van der Waals surface area contributed by atoms with Crippen LogP contribution in [0.1, 0.15) is 53.9 Å². The van der Waals surface area contributed by atoms with Crippen LogP contribution in [0.5, 0.6) is 0 Å². The van der Waals surface area contributed by atoms with Crippen LogP contribution in [0, 0.1) is 5.92 Å². The van der Waals surface area contributed by atoms with Crippen LogP contribution >= 0.6 is 0 Å². The van der Waals surface area contributed by atoms with Gasteiger partial charge in [0.05, 0.1) is 6.10 Å². The quantitative estimate of drug-likeness (QED) is 0.727. The topological polar surface area (TPSA) is 64.6 Å². The van der Waals surface area contributed by atoms with Crippen LogP contribution in [0.4, 0.5) is 4.79 Å². The van der Waals surface area contributed by atoms with Gasteiger partial charge in [0.2, 0.25) is 0 Å². The number of piperidine rings is 1. The third kappa shape index (κ3) is 7.14. The van der Waals surface area contributed by atoms with E-state index in [2.05, 4.69) is 22.5 Å². The summed E-state index contributed by atoms with van der Waals surface area (Å²) >= 11 is 0. The Balaban J connectivity index is 2.43. The molecule has 0 aromatic rings. The maximum atomic E-state index is 11.9. The Bertz CT molecular complexity index is 328. The molecule has 0 aromatic carbocycles. The molecule has 1 aliphatic heterocycles. The number of nitrogens with one attached hydrogen (secondary N) is 2. The summed E-state index contributed by atoms with van der Waals surface area (Å²) in [6.45, 7) is 12.8. The van der Waals surface area contributed by atoms with E-state index in [0.29, 0.717) is 5.92 Å². The van der Waals surface area contributed by atoms with Gasteiger partial charge in [0, 0.05) is 24.7 Å². The summed E-state index contributed by atoms with van der Waals surface area (Å²) in [4.78, 5) is 14.3. The number of likely N-dealkylation sites (tertiary alicyclic amines) is 1. The minimum atomic E-state index is -0.240. The molecular formula is C16H33N3O2. The van der Waals surface area contributed by atoms with Crippen molar-refractivity contribution in [3.05, 3.63) is 0 Å². The molecule has 1 aliphatic rings. The summed E-state index contributed by atoms with van der Waals surface area (Å²) in [5.41, 5.74) is -0.215. The molecule has 3 atom stereocenters. The highest BCUT2D eigenvalue weighted by Gasteiger charge is 2.27. The van der Waals surface area contributed by atoms with Crippen LogP contribution < -0.4 is 10.6 Å². The molecule has 2 amide bonds. The summed E-state index contributed by atoms with van der Waals surface area (Å²) in [5.74, 6) is 0.452. The maximum Gasteiger partial charge on any atom is 0.315 e. The zero-order chi connectivity index (χ0) is 16.0. The lowest BCUT2D eigenvalue weighted by Gasteiger charge is -2.37. The molecule has 0 aliphatic carbocycles. The zero-order valence-electron chi connectivity index (χ0n) is 14.3. The SMILES string of the molecule is CC[C@@H](O)CN1CCC[C@H]([C@@H](C)NC(=O)NC(C)(C)C)C1. The predicted octanol–water partition coefficient (Wildman–Crippen LogP) is 1.96. The number of hydrogen-bond acceptors (Lipinski definition) is 3. The fourth-order valence-electron chi connectivity index (χ4n) is 2.79. The molecule has 0 bridgehead atoms. The highest BCUT2D eigenvalue weighted by atomic mass is 16.3. The van der Waals surface area contributed by atoms with Crippen LogP contribution in [0.15, 0.2) is 0 Å². The van der Waals surface area contributed by atoms with Crippen molar-refractivity contribution in [1.82, 2.24) is 15.5 Å². The summed E-state index contributed by atoms with van der Waals surface area (Å²) in [7, 11) is 0. The molecule has 0 radical (unpaired) electrons. The Labute approximate surface area is 129 Å². The van der Waals surface area contributed by atoms with E-state index in [1.54, 1.807) is 0 Å². The van der Waals surface area contributed by atoms with Gasteiger partial charge in [0.25, 0.3) is 0 Å². The standard InChI is InChI=1S/C16H33N3O2/c1-6-14(20)11-19-9-7-8-13(10-19)12(2)17-15(21)18-16(3,4)5/h12-14,20H,6-11H2,1-5H3,(H2,17,18,21)/t12-,13+,14-/m1/s1. The Kier molecular flexibility index (Phi) is 6.94. The van der Waals surface area contributed by atoms with Gasteiger partial charge in [-0.15, -0.1) is 0 Å². The minimum Gasteiger partial charge on any atom is -0.392 e. The second-order valence-corrected chi connectivity index (χ2v) is 7.36. The molecule has 0 saturated carbocycles. The first-order valence-corrected chi connectivity index (χ1v) is 8.20. The van der Waals surface area contributed by atoms with Crippen LogP contribution in [0.2, 0.25) is 0 Å². The van der Waals surface area contributed by atoms with Crippen LogP contribution in [-0.4, -0.2) is 53.4 Å². The first-order chi connectivity index (χ1) is 9.71. The van der Waals surface area contributed by atoms with Gasteiger partial charge in [-0.05, 0) is 59.4 Å². The molecule has 0 spiro atoms. The van der Waals surface area contributed by atoms with Crippen LogP contribution in [0.3, 0.4) is 0 Å². The van der Waals surface area contributed by atoms with Gasteiger partial charge in [-0.2, -0.15) is 0 Å². The zero-order valence-corrected chi connectivity index (χ0v) is 14.3. The van der Waals surface area contributed by atoms with Gasteiger partial charge in [-0.3, -0.25) is 0 Å². The van der Waals surface area contributed by atoms with E-state index >= 15 is 0 Å². The molecule has 3 N–H and O–H groups in total. The molecule has 5 heteroatoms. The van der Waals surface area contributed by atoms with Gasteiger partial charge in [0.15, 0.2) is 0 Å². The number of carbonyl (C=O) groups excluding carboxylic acids is 1. The molecule has 124 valence electrons. The lowest BCUT2D eigenvalue weighted by atomic mass is 9.91. The average molecular weight is 299 g/mol. The molecular weight excluding hydrogens is 266 g/mol. The number of amides is 2. The number of hydrogen-bond donors (Lipinski definition) is 3. The summed E-state index contributed by atoms with van der Waals surface area (Å²) in [6, 6.07) is 0.0506. The van der Waals surface area contributed by atoms with Crippen molar-refractivity contribution >= 4 is 6.03 Å². The summed E-state index contributed by atoms with van der Waals surface area (Å²) in [6.07, 6.45) is 2.82. The fourth-order valence-corrected chi connectivity index (χ4v) is 2.79. The number of carbonyl (C=O) groups is 1. The second-order valence-electron chi connectivity index (χ2n) is 7.36. The average Bonchev–Trinajstić information content (AvgIpc) is 2.36. The maximum absolute atomic E-state index is 11.9. The molecule has 1 saturated heterocycles. The van der Waals surface area contributed by atoms with Crippen molar-refractivity contribution in [3.63, 3.8) is 0 Å². The Morgan fingerprint density at radius 2 is 2.10 bits per heavy atom. The Morgan fingerprint density at radius 1 is 1.43 bits per heavy atom. The second kappa shape index (κ2) is 7.99. The van der Waals surface area contributed by atoms with Crippen molar-refractivity contribution in [1.29, 1.82) is 0 Å². The molecule has 1 fully saturated rings. The molecule has 0 unspecified atom stereocenters. The number of aliphatic hydroxyl groups excluding tert-OH is 1. The lowest BCUT2D eigenvalue weighted by molar-refractivity contribution is 0.0757. The van der Waals surface area contributed by atoms with E-state index < -0.39 is 0 Å². The van der Waals surface area contributed by atoms with Gasteiger partial charge < -0.3 is 20.6 Å². The number of β-amino-alcohol motifs (C(OH)–C–C–N with tert-alkyl or cyclic N) is 1. The van der Waals surface area contributed by atoms with E-state index in [1.807, 2.05) is 27.7 Å². The first-order valence-electron chi connectivity index (χ1n) is 8.20. The van der Waals surface area contributed by atoms with Gasteiger partial charge in [-0.1, -0.05) is 6.92 Å². The largest absolute Gasteiger partial charge is 0.392 e. The molecule has 1 rings (SSSR count). The molecule has 5 nitrogen and oxygen atoms in total. The van der Waals surface area contributed by atoms with E-state index in [-0.39, 0.29) is 23.7 Å². The first kappa shape index (κ1) is 18.2. The summed E-state index contributed by atoms with van der Waals surface area (Å²) in [5, 5.41) is 15.8. The third-order valence-corrected chi connectivity index (χ3v) is 4.04. The highest BCUT2D eigenvalue weighted by Crippen LogP contribution is 2.20. The van der Waals surface area contributed by atoms with E-state index in [9.17, 15) is 9.90 Å². The van der Waals surface area contributed by atoms with Gasteiger partial charge >= 0.3 is 6.03 Å². The van der Waals surface area contributed by atoms with E-state index in [4.69, 9.17) is 0 Å². The van der Waals surface area contributed by atoms with Gasteiger partial charge in [-0.25, -0.2) is 4.79 Å².